The average molecular weight is 280 g/mol. The lowest BCUT2D eigenvalue weighted by Gasteiger charge is -2.25. The predicted octanol–water partition coefficient (Wildman–Crippen LogP) is 1.08. The number of hydrogen-bond donors (Lipinski definition) is 3. The van der Waals surface area contributed by atoms with Gasteiger partial charge in [0.25, 0.3) is 5.69 Å². The van der Waals surface area contributed by atoms with E-state index in [1.165, 1.54) is 6.07 Å². The van der Waals surface area contributed by atoms with Crippen molar-refractivity contribution < 1.29 is 10.0 Å². The third-order valence-electron chi connectivity index (χ3n) is 4.03. The number of rotatable bonds is 5. The van der Waals surface area contributed by atoms with Crippen LogP contribution in [-0.2, 0) is 6.54 Å². The number of nitro benzene ring substituents is 1. The maximum absolute atomic E-state index is 11.0. The van der Waals surface area contributed by atoms with Gasteiger partial charge in [-0.25, -0.2) is 0 Å². The molecule has 1 aromatic rings. The number of nitrogens with one attached hydrogen (secondary N) is 1. The monoisotopic (exact) mass is 280 g/mol. The van der Waals surface area contributed by atoms with E-state index in [0.29, 0.717) is 18.2 Å². The molecule has 0 bridgehead atoms. The van der Waals surface area contributed by atoms with Crippen LogP contribution in [0.2, 0.25) is 0 Å². The molecule has 1 saturated heterocycles. The molecule has 7 nitrogen and oxygen atoms in total. The zero-order valence-electron chi connectivity index (χ0n) is 11.5. The number of hydrogen-bond acceptors (Lipinski definition) is 6. The second-order valence-corrected chi connectivity index (χ2v) is 5.20. The van der Waals surface area contributed by atoms with Crippen LogP contribution in [0.4, 0.5) is 11.4 Å². The fourth-order valence-corrected chi connectivity index (χ4v) is 2.84. The minimum absolute atomic E-state index is 0.0298. The SMILES string of the molecule is CC1CCN(Cc2cccc([N+](=O)[O-])c2NN)C1CO. The van der Waals surface area contributed by atoms with E-state index in [1.54, 1.807) is 6.07 Å². The van der Waals surface area contributed by atoms with E-state index in [2.05, 4.69) is 17.2 Å². The zero-order valence-corrected chi connectivity index (χ0v) is 11.5. The smallest absolute Gasteiger partial charge is 0.293 e. The summed E-state index contributed by atoms with van der Waals surface area (Å²) < 4.78 is 0. The van der Waals surface area contributed by atoms with Crippen LogP contribution in [0.5, 0.6) is 0 Å². The van der Waals surface area contributed by atoms with Crippen LogP contribution in [0, 0.1) is 16.0 Å². The second-order valence-electron chi connectivity index (χ2n) is 5.20. The van der Waals surface area contributed by atoms with Crippen molar-refractivity contribution in [2.24, 2.45) is 11.8 Å². The summed E-state index contributed by atoms with van der Waals surface area (Å²) in [6, 6.07) is 5.00. The Hall–Kier alpha value is -1.70. The lowest BCUT2D eigenvalue weighted by Crippen LogP contribution is -2.35. The van der Waals surface area contributed by atoms with Gasteiger partial charge in [0.15, 0.2) is 0 Å². The summed E-state index contributed by atoms with van der Waals surface area (Å²) >= 11 is 0. The molecule has 0 saturated carbocycles. The molecule has 0 aliphatic carbocycles. The zero-order chi connectivity index (χ0) is 14.7. The van der Waals surface area contributed by atoms with Gasteiger partial charge < -0.3 is 10.5 Å². The van der Waals surface area contributed by atoms with Gasteiger partial charge in [-0.05, 0) is 24.4 Å². The van der Waals surface area contributed by atoms with Crippen molar-refractivity contribution in [3.8, 4) is 0 Å². The first kappa shape index (κ1) is 14.7. The highest BCUT2D eigenvalue weighted by molar-refractivity contribution is 5.65. The number of hydrazine groups is 1. The van der Waals surface area contributed by atoms with E-state index in [-0.39, 0.29) is 18.3 Å². The highest BCUT2D eigenvalue weighted by Crippen LogP contribution is 2.31. The Bertz CT molecular complexity index is 495. The Kier molecular flexibility index (Phi) is 4.53. The van der Waals surface area contributed by atoms with Gasteiger partial charge in [-0.3, -0.25) is 20.9 Å². The topological polar surface area (TPSA) is 105 Å². The van der Waals surface area contributed by atoms with Crippen LogP contribution >= 0.6 is 0 Å². The minimum Gasteiger partial charge on any atom is -0.395 e. The molecule has 2 unspecified atom stereocenters. The number of aliphatic hydroxyl groups excluding tert-OH is 1. The van der Waals surface area contributed by atoms with Crippen LogP contribution in [-0.4, -0.2) is 34.1 Å². The fraction of sp³-hybridized carbons (Fsp3) is 0.538. The third-order valence-corrected chi connectivity index (χ3v) is 4.03. The van der Waals surface area contributed by atoms with Gasteiger partial charge in [0.2, 0.25) is 0 Å². The van der Waals surface area contributed by atoms with E-state index in [9.17, 15) is 15.2 Å². The number of likely N-dealkylation sites (tertiary alicyclic amines) is 1. The van der Waals surface area contributed by atoms with Gasteiger partial charge in [0.1, 0.15) is 5.69 Å². The van der Waals surface area contributed by atoms with Crippen molar-refractivity contribution in [2.75, 3.05) is 18.6 Å². The molecule has 1 aliphatic rings. The molecule has 0 radical (unpaired) electrons. The predicted molar refractivity (Wildman–Crippen MR) is 76.0 cm³/mol. The molecule has 110 valence electrons. The summed E-state index contributed by atoms with van der Waals surface area (Å²) in [6.07, 6.45) is 1.02. The molecule has 1 heterocycles. The first-order chi connectivity index (χ1) is 9.58. The largest absolute Gasteiger partial charge is 0.395 e. The standard InChI is InChI=1S/C13H20N4O3/c1-9-5-6-16(12(9)8-18)7-10-3-2-4-11(17(19)20)13(10)15-14/h2-4,9,12,15,18H,5-8,14H2,1H3. The van der Waals surface area contributed by atoms with Crippen molar-refractivity contribution in [1.82, 2.24) is 4.90 Å². The van der Waals surface area contributed by atoms with Crippen LogP contribution in [0.15, 0.2) is 18.2 Å². The molecular weight excluding hydrogens is 260 g/mol. The molecule has 0 amide bonds. The number of nitro groups is 1. The molecule has 0 aromatic heterocycles. The number of nitrogen functional groups attached to an aromatic ring is 1. The third kappa shape index (κ3) is 2.74. The van der Waals surface area contributed by atoms with Gasteiger partial charge >= 0.3 is 0 Å². The highest BCUT2D eigenvalue weighted by Gasteiger charge is 2.31. The molecule has 1 aromatic carbocycles. The van der Waals surface area contributed by atoms with Crippen LogP contribution < -0.4 is 11.3 Å². The maximum atomic E-state index is 11.0. The summed E-state index contributed by atoms with van der Waals surface area (Å²) in [5.74, 6) is 5.86. The van der Waals surface area contributed by atoms with Crippen molar-refractivity contribution >= 4 is 11.4 Å². The molecular formula is C13H20N4O3. The van der Waals surface area contributed by atoms with E-state index in [1.807, 2.05) is 6.07 Å². The van der Waals surface area contributed by atoms with Crippen molar-refractivity contribution in [1.29, 1.82) is 0 Å². The van der Waals surface area contributed by atoms with Gasteiger partial charge in [0.05, 0.1) is 11.5 Å². The van der Waals surface area contributed by atoms with Gasteiger partial charge in [-0.1, -0.05) is 19.1 Å². The lowest BCUT2D eigenvalue weighted by atomic mass is 10.0. The molecule has 20 heavy (non-hydrogen) atoms. The molecule has 4 N–H and O–H groups in total. The number of para-hydroxylation sites is 1. The molecule has 2 atom stereocenters. The van der Waals surface area contributed by atoms with Crippen molar-refractivity contribution in [3.63, 3.8) is 0 Å². The quantitative estimate of drug-likeness (QED) is 0.423. The van der Waals surface area contributed by atoms with Gasteiger partial charge in [-0.2, -0.15) is 0 Å². The number of nitrogens with two attached hydrogens (primary N) is 1. The number of nitrogens with zero attached hydrogens (tertiary/aromatic N) is 2. The highest BCUT2D eigenvalue weighted by atomic mass is 16.6. The normalized spacial score (nSPS) is 22.9. The molecule has 2 rings (SSSR count). The second kappa shape index (κ2) is 6.17. The van der Waals surface area contributed by atoms with E-state index in [4.69, 9.17) is 5.84 Å². The average Bonchev–Trinajstić information content (AvgIpc) is 2.78. The summed E-state index contributed by atoms with van der Waals surface area (Å²) in [6.45, 7) is 3.62. The van der Waals surface area contributed by atoms with Crippen molar-refractivity contribution in [3.05, 3.63) is 33.9 Å². The fourth-order valence-electron chi connectivity index (χ4n) is 2.84. The lowest BCUT2D eigenvalue weighted by molar-refractivity contribution is -0.384. The Morgan fingerprint density at radius 1 is 1.60 bits per heavy atom. The number of benzene rings is 1. The first-order valence-electron chi connectivity index (χ1n) is 6.66. The Labute approximate surface area is 117 Å². The summed E-state index contributed by atoms with van der Waals surface area (Å²) in [5.41, 5.74) is 3.52. The van der Waals surface area contributed by atoms with Crippen LogP contribution in [0.3, 0.4) is 0 Å². The van der Waals surface area contributed by atoms with Gasteiger partial charge in [0, 0.05) is 18.7 Å². The van der Waals surface area contributed by atoms with Crippen LogP contribution in [0.25, 0.3) is 0 Å². The first-order valence-corrected chi connectivity index (χ1v) is 6.66. The maximum Gasteiger partial charge on any atom is 0.293 e. The van der Waals surface area contributed by atoms with Gasteiger partial charge in [-0.15, -0.1) is 0 Å². The van der Waals surface area contributed by atoms with E-state index < -0.39 is 4.92 Å². The Morgan fingerprint density at radius 2 is 2.35 bits per heavy atom. The summed E-state index contributed by atoms with van der Waals surface area (Å²) in [4.78, 5) is 12.7. The van der Waals surface area contributed by atoms with Crippen LogP contribution in [0.1, 0.15) is 18.9 Å². The van der Waals surface area contributed by atoms with E-state index >= 15 is 0 Å². The van der Waals surface area contributed by atoms with E-state index in [0.717, 1.165) is 18.5 Å². The summed E-state index contributed by atoms with van der Waals surface area (Å²) in [5, 5.41) is 20.5. The summed E-state index contributed by atoms with van der Waals surface area (Å²) in [7, 11) is 0. The Balaban J connectivity index is 2.25. The molecule has 7 heteroatoms. The number of aliphatic hydroxyl groups is 1. The minimum atomic E-state index is -0.450. The molecule has 1 aliphatic heterocycles. The van der Waals surface area contributed by atoms with Crippen molar-refractivity contribution in [2.45, 2.75) is 25.9 Å². The Morgan fingerprint density at radius 3 is 2.95 bits per heavy atom. The molecule has 1 fully saturated rings. The number of anilines is 1. The molecule has 0 spiro atoms.